The Hall–Kier alpha value is -2.11. The zero-order valence-corrected chi connectivity index (χ0v) is 12.6. The van der Waals surface area contributed by atoms with Crippen LogP contribution in [0.1, 0.15) is 12.8 Å². The van der Waals surface area contributed by atoms with Gasteiger partial charge in [0.25, 0.3) is 0 Å². The molecule has 2 saturated heterocycles. The van der Waals surface area contributed by atoms with Crippen molar-refractivity contribution in [3.8, 4) is 0 Å². The summed E-state index contributed by atoms with van der Waals surface area (Å²) >= 11 is 0. The molecule has 1 aromatic heterocycles. The van der Waals surface area contributed by atoms with Gasteiger partial charge in [0, 0.05) is 57.3 Å². The average molecular weight is 301 g/mol. The van der Waals surface area contributed by atoms with Crippen LogP contribution in [0.15, 0.2) is 24.5 Å². The number of pyridine rings is 1. The second-order valence-electron chi connectivity index (χ2n) is 5.64. The van der Waals surface area contributed by atoms with E-state index in [-0.39, 0.29) is 11.8 Å². The highest BCUT2D eigenvalue weighted by Crippen LogP contribution is 2.15. The van der Waals surface area contributed by atoms with Crippen molar-refractivity contribution in [3.63, 3.8) is 0 Å². The van der Waals surface area contributed by atoms with Crippen LogP contribution in [0.25, 0.3) is 0 Å². The Balaban J connectivity index is 1.54. The number of amides is 2. The summed E-state index contributed by atoms with van der Waals surface area (Å²) in [6.07, 6.45) is 7.47. The van der Waals surface area contributed by atoms with Crippen LogP contribution in [-0.2, 0) is 9.59 Å². The molecule has 0 saturated carbocycles. The molecule has 117 valence electrons. The maximum absolute atomic E-state index is 12.3. The van der Waals surface area contributed by atoms with E-state index in [1.165, 1.54) is 0 Å². The molecule has 0 N–H and O–H groups in total. The molecule has 0 bridgehead atoms. The highest BCUT2D eigenvalue weighted by molar-refractivity contribution is 6.34. The summed E-state index contributed by atoms with van der Waals surface area (Å²) in [6, 6.07) is 3.93. The highest BCUT2D eigenvalue weighted by atomic mass is 16.2. The Morgan fingerprint density at radius 1 is 0.818 bits per heavy atom. The molecule has 0 aromatic carbocycles. The van der Waals surface area contributed by atoms with Gasteiger partial charge in [0.2, 0.25) is 0 Å². The third-order valence-electron chi connectivity index (χ3n) is 4.27. The minimum Gasteiger partial charge on any atom is -0.368 e. The van der Waals surface area contributed by atoms with Gasteiger partial charge in [-0.1, -0.05) is 0 Å². The lowest BCUT2D eigenvalue weighted by molar-refractivity contribution is -0.152. The molecule has 2 aliphatic heterocycles. The van der Waals surface area contributed by atoms with Crippen LogP contribution in [0, 0.1) is 6.42 Å². The zero-order chi connectivity index (χ0) is 15.4. The number of piperidine rings is 1. The van der Waals surface area contributed by atoms with Gasteiger partial charge in [0.1, 0.15) is 0 Å². The Morgan fingerprint density at radius 3 is 1.95 bits per heavy atom. The van der Waals surface area contributed by atoms with Crippen molar-refractivity contribution in [2.24, 2.45) is 0 Å². The van der Waals surface area contributed by atoms with Gasteiger partial charge in [-0.25, -0.2) is 0 Å². The first-order valence-electron chi connectivity index (χ1n) is 7.80. The van der Waals surface area contributed by atoms with Crippen LogP contribution in [0.3, 0.4) is 0 Å². The van der Waals surface area contributed by atoms with Crippen molar-refractivity contribution >= 4 is 17.5 Å². The molecule has 0 spiro atoms. The van der Waals surface area contributed by atoms with Crippen LogP contribution in [0.4, 0.5) is 5.69 Å². The van der Waals surface area contributed by atoms with Gasteiger partial charge in [0.05, 0.1) is 0 Å². The molecule has 2 aliphatic rings. The molecule has 3 rings (SSSR count). The van der Waals surface area contributed by atoms with Gasteiger partial charge < -0.3 is 14.7 Å². The molecule has 0 atom stereocenters. The Bertz CT molecular complexity index is 520. The van der Waals surface area contributed by atoms with Crippen molar-refractivity contribution in [2.45, 2.75) is 12.8 Å². The van der Waals surface area contributed by atoms with Crippen molar-refractivity contribution in [1.29, 1.82) is 0 Å². The molecule has 2 fully saturated rings. The van der Waals surface area contributed by atoms with Crippen molar-refractivity contribution in [2.75, 3.05) is 44.2 Å². The molecule has 6 heteroatoms. The Morgan fingerprint density at radius 2 is 1.36 bits per heavy atom. The first-order chi connectivity index (χ1) is 10.8. The second-order valence-corrected chi connectivity index (χ2v) is 5.64. The molecule has 3 heterocycles. The summed E-state index contributed by atoms with van der Waals surface area (Å²) in [5.41, 5.74) is 1.11. The van der Waals surface area contributed by atoms with Crippen LogP contribution in [-0.4, -0.2) is 65.9 Å². The number of hydrogen-bond acceptors (Lipinski definition) is 4. The fourth-order valence-corrected chi connectivity index (χ4v) is 2.95. The van der Waals surface area contributed by atoms with Crippen LogP contribution in [0.5, 0.6) is 0 Å². The van der Waals surface area contributed by atoms with E-state index in [4.69, 9.17) is 0 Å². The lowest BCUT2D eigenvalue weighted by Crippen LogP contribution is -2.54. The largest absolute Gasteiger partial charge is 0.368 e. The zero-order valence-electron chi connectivity index (χ0n) is 12.6. The van der Waals surface area contributed by atoms with E-state index in [0.29, 0.717) is 26.2 Å². The lowest BCUT2D eigenvalue weighted by atomic mass is 10.1. The second kappa shape index (κ2) is 6.77. The van der Waals surface area contributed by atoms with Gasteiger partial charge >= 0.3 is 11.8 Å². The minimum atomic E-state index is -0.351. The van der Waals surface area contributed by atoms with Gasteiger partial charge in [-0.3, -0.25) is 14.6 Å². The van der Waals surface area contributed by atoms with E-state index in [1.54, 1.807) is 22.2 Å². The average Bonchev–Trinajstić information content (AvgIpc) is 2.62. The van der Waals surface area contributed by atoms with Crippen LogP contribution < -0.4 is 4.90 Å². The maximum atomic E-state index is 12.3. The number of hydrogen-bond donors (Lipinski definition) is 0. The summed E-state index contributed by atoms with van der Waals surface area (Å²) in [5, 5.41) is 0. The minimum absolute atomic E-state index is 0.342. The predicted molar refractivity (Wildman–Crippen MR) is 83.1 cm³/mol. The summed E-state index contributed by atoms with van der Waals surface area (Å²) in [6.45, 7) is 4.01. The standard InChI is InChI=1S/C16H21N4O2/c21-15(19-8-2-1-3-9-19)16(22)20-12-10-18(11-13-20)14-4-6-17-7-5-14/h1,4-7H,2-3,8-13H2. The summed E-state index contributed by atoms with van der Waals surface area (Å²) in [5.74, 6) is -0.693. The number of rotatable bonds is 1. The van der Waals surface area contributed by atoms with E-state index in [1.807, 2.05) is 12.1 Å². The smallest absolute Gasteiger partial charge is 0.312 e. The summed E-state index contributed by atoms with van der Waals surface area (Å²) in [4.78, 5) is 34.2. The third kappa shape index (κ3) is 3.21. The van der Waals surface area contributed by atoms with Crippen molar-refractivity contribution < 1.29 is 9.59 Å². The number of likely N-dealkylation sites (tertiary alicyclic amines) is 1. The van der Waals surface area contributed by atoms with E-state index in [9.17, 15) is 9.59 Å². The fraction of sp³-hybridized carbons (Fsp3) is 0.500. The summed E-state index contributed by atoms with van der Waals surface area (Å²) < 4.78 is 0. The van der Waals surface area contributed by atoms with E-state index in [2.05, 4.69) is 16.3 Å². The lowest BCUT2D eigenvalue weighted by Gasteiger charge is -2.36. The normalized spacial score (nSPS) is 19.2. The fourth-order valence-electron chi connectivity index (χ4n) is 2.95. The van der Waals surface area contributed by atoms with E-state index >= 15 is 0 Å². The van der Waals surface area contributed by atoms with E-state index < -0.39 is 0 Å². The van der Waals surface area contributed by atoms with Crippen molar-refractivity contribution in [1.82, 2.24) is 14.8 Å². The third-order valence-corrected chi connectivity index (χ3v) is 4.27. The van der Waals surface area contributed by atoms with Crippen LogP contribution in [0.2, 0.25) is 0 Å². The molecular weight excluding hydrogens is 280 g/mol. The topological polar surface area (TPSA) is 56.8 Å². The predicted octanol–water partition coefficient (Wildman–Crippen LogP) is 0.557. The number of nitrogens with zero attached hydrogens (tertiary/aromatic N) is 4. The van der Waals surface area contributed by atoms with Gasteiger partial charge in [-0.15, -0.1) is 0 Å². The summed E-state index contributed by atoms with van der Waals surface area (Å²) in [7, 11) is 0. The van der Waals surface area contributed by atoms with Gasteiger partial charge in [0.15, 0.2) is 0 Å². The molecule has 1 aromatic rings. The SMILES string of the molecule is O=C(C(=O)N1CCN(c2ccncc2)CC1)N1CC[CH]CC1. The number of aromatic nitrogens is 1. The Kier molecular flexibility index (Phi) is 4.56. The van der Waals surface area contributed by atoms with Crippen molar-refractivity contribution in [3.05, 3.63) is 30.9 Å². The number of carbonyl (C=O) groups is 2. The molecule has 0 unspecified atom stereocenters. The van der Waals surface area contributed by atoms with E-state index in [0.717, 1.165) is 31.6 Å². The molecule has 0 aliphatic carbocycles. The Labute approximate surface area is 130 Å². The van der Waals surface area contributed by atoms with Gasteiger partial charge in [-0.2, -0.15) is 0 Å². The number of piperazine rings is 1. The number of anilines is 1. The monoisotopic (exact) mass is 301 g/mol. The quantitative estimate of drug-likeness (QED) is 0.711. The molecule has 22 heavy (non-hydrogen) atoms. The molecule has 1 radical (unpaired) electrons. The molecule has 6 nitrogen and oxygen atoms in total. The van der Waals surface area contributed by atoms with Gasteiger partial charge in [-0.05, 0) is 31.4 Å². The molecule has 2 amide bonds. The molecular formula is C16H21N4O2. The first-order valence-corrected chi connectivity index (χ1v) is 7.80. The number of carbonyl (C=O) groups excluding carboxylic acids is 2. The van der Waals surface area contributed by atoms with Crippen LogP contribution >= 0.6 is 0 Å². The first kappa shape index (κ1) is 14.8. The highest BCUT2D eigenvalue weighted by Gasteiger charge is 2.30. The maximum Gasteiger partial charge on any atom is 0.312 e.